The van der Waals surface area contributed by atoms with Crippen LogP contribution in [0.5, 0.6) is 0 Å². The zero-order valence-electron chi connectivity index (χ0n) is 27.5. The van der Waals surface area contributed by atoms with E-state index in [-0.39, 0.29) is 0 Å². The Balaban J connectivity index is 1.09. The molecule has 51 heavy (non-hydrogen) atoms. The Morgan fingerprint density at radius 3 is 1.37 bits per heavy atom. The van der Waals surface area contributed by atoms with Gasteiger partial charge in [-0.05, 0) is 44.3 Å². The standard InChI is InChI=1S/C47H29N3S/c1-3-13-31(14-4-1)45-48-46(32-15-5-2-6-16-32)50-47(49-45)33-27-25-30(26-28-33)36-21-11-22-39-40-23-12-24-41(44(40)51-43(36)39)42-29-34-17-7-8-18-35(34)37-19-9-10-20-38(37)42/h1-29H. The molecule has 0 saturated carbocycles. The predicted molar refractivity (Wildman–Crippen MR) is 215 cm³/mol. The summed E-state index contributed by atoms with van der Waals surface area (Å²) in [6, 6.07) is 62.2. The Kier molecular flexibility index (Phi) is 7.00. The van der Waals surface area contributed by atoms with Crippen LogP contribution >= 0.6 is 11.3 Å². The molecule has 0 fully saturated rings. The zero-order chi connectivity index (χ0) is 33.7. The summed E-state index contributed by atoms with van der Waals surface area (Å²) in [5.41, 5.74) is 7.80. The third kappa shape index (κ3) is 5.08. The molecule has 238 valence electrons. The van der Waals surface area contributed by atoms with Gasteiger partial charge in [0.15, 0.2) is 17.5 Å². The average Bonchev–Trinajstić information content (AvgIpc) is 3.60. The van der Waals surface area contributed by atoms with Crippen molar-refractivity contribution in [1.29, 1.82) is 0 Å². The van der Waals surface area contributed by atoms with Crippen molar-refractivity contribution in [2.45, 2.75) is 0 Å². The van der Waals surface area contributed by atoms with E-state index in [1.165, 1.54) is 58.4 Å². The molecule has 0 spiro atoms. The molecule has 10 rings (SSSR count). The van der Waals surface area contributed by atoms with Crippen LogP contribution in [0.1, 0.15) is 0 Å². The van der Waals surface area contributed by atoms with Gasteiger partial charge in [-0.25, -0.2) is 15.0 Å². The van der Waals surface area contributed by atoms with Crippen molar-refractivity contribution in [3.05, 3.63) is 176 Å². The Bertz CT molecular complexity index is 2840. The molecule has 10 aromatic rings. The van der Waals surface area contributed by atoms with Crippen LogP contribution in [0.15, 0.2) is 176 Å². The van der Waals surface area contributed by atoms with Gasteiger partial charge in [-0.15, -0.1) is 11.3 Å². The van der Waals surface area contributed by atoms with Crippen molar-refractivity contribution >= 4 is 53.1 Å². The summed E-state index contributed by atoms with van der Waals surface area (Å²) in [4.78, 5) is 14.7. The molecule has 3 nitrogen and oxygen atoms in total. The first kappa shape index (κ1) is 29.4. The van der Waals surface area contributed by atoms with Crippen molar-refractivity contribution in [3.63, 3.8) is 0 Å². The normalized spacial score (nSPS) is 11.5. The topological polar surface area (TPSA) is 38.7 Å². The quantitative estimate of drug-likeness (QED) is 0.171. The minimum absolute atomic E-state index is 0.654. The molecular formula is C47H29N3S. The second-order valence-corrected chi connectivity index (χ2v) is 13.8. The number of hydrogen-bond donors (Lipinski definition) is 0. The fourth-order valence-corrected chi connectivity index (χ4v) is 8.64. The Morgan fingerprint density at radius 1 is 0.294 bits per heavy atom. The van der Waals surface area contributed by atoms with Gasteiger partial charge < -0.3 is 0 Å². The molecule has 0 N–H and O–H groups in total. The van der Waals surface area contributed by atoms with Gasteiger partial charge in [-0.1, -0.05) is 170 Å². The fraction of sp³-hybridized carbons (Fsp3) is 0. The molecule has 0 unspecified atom stereocenters. The highest BCUT2D eigenvalue weighted by Crippen LogP contribution is 2.46. The highest BCUT2D eigenvalue weighted by atomic mass is 32.1. The third-order valence-corrected chi connectivity index (χ3v) is 11.0. The number of fused-ring (bicyclic) bond motifs is 6. The van der Waals surface area contributed by atoms with Crippen molar-refractivity contribution in [2.75, 3.05) is 0 Å². The van der Waals surface area contributed by atoms with Gasteiger partial charge in [0.1, 0.15) is 0 Å². The maximum Gasteiger partial charge on any atom is 0.164 e. The van der Waals surface area contributed by atoms with Crippen LogP contribution in [0.4, 0.5) is 0 Å². The van der Waals surface area contributed by atoms with Gasteiger partial charge in [0, 0.05) is 42.4 Å². The van der Waals surface area contributed by atoms with E-state index in [1.54, 1.807) is 0 Å². The third-order valence-electron chi connectivity index (χ3n) is 9.74. The summed E-state index contributed by atoms with van der Waals surface area (Å²) >= 11 is 1.89. The largest absolute Gasteiger partial charge is 0.208 e. The Labute approximate surface area is 299 Å². The van der Waals surface area contributed by atoms with Crippen LogP contribution < -0.4 is 0 Å². The van der Waals surface area contributed by atoms with Crippen LogP contribution in [-0.4, -0.2) is 15.0 Å². The summed E-state index contributed by atoms with van der Waals surface area (Å²) < 4.78 is 2.60. The molecule has 0 bridgehead atoms. The molecule has 4 heteroatoms. The van der Waals surface area contributed by atoms with Crippen molar-refractivity contribution in [1.82, 2.24) is 15.0 Å². The van der Waals surface area contributed by atoms with E-state index in [1.807, 2.05) is 72.0 Å². The van der Waals surface area contributed by atoms with Crippen LogP contribution in [0.25, 0.3) is 98.1 Å². The second-order valence-electron chi connectivity index (χ2n) is 12.8. The molecule has 0 aliphatic heterocycles. The first-order chi connectivity index (χ1) is 25.3. The molecule has 0 radical (unpaired) electrons. The molecule has 0 aliphatic rings. The van der Waals surface area contributed by atoms with Gasteiger partial charge in [0.05, 0.1) is 0 Å². The lowest BCUT2D eigenvalue weighted by Gasteiger charge is -2.12. The van der Waals surface area contributed by atoms with Gasteiger partial charge in [0.2, 0.25) is 0 Å². The smallest absolute Gasteiger partial charge is 0.164 e. The number of rotatable bonds is 5. The highest BCUT2D eigenvalue weighted by Gasteiger charge is 2.17. The molecule has 0 aliphatic carbocycles. The second kappa shape index (κ2) is 12.1. The van der Waals surface area contributed by atoms with Crippen LogP contribution in [-0.2, 0) is 0 Å². The molecular weight excluding hydrogens is 639 g/mol. The summed E-state index contributed by atoms with van der Waals surface area (Å²) in [7, 11) is 0. The van der Waals surface area contributed by atoms with E-state index in [9.17, 15) is 0 Å². The summed E-state index contributed by atoms with van der Waals surface area (Å²) in [5, 5.41) is 7.68. The minimum Gasteiger partial charge on any atom is -0.208 e. The lowest BCUT2D eigenvalue weighted by atomic mass is 9.92. The summed E-state index contributed by atoms with van der Waals surface area (Å²) in [6.45, 7) is 0. The minimum atomic E-state index is 0.654. The number of benzene rings is 8. The van der Waals surface area contributed by atoms with E-state index >= 15 is 0 Å². The predicted octanol–water partition coefficient (Wildman–Crippen LogP) is 12.9. The monoisotopic (exact) mass is 667 g/mol. The van der Waals surface area contributed by atoms with E-state index in [0.29, 0.717) is 17.5 Å². The SMILES string of the molecule is c1ccc(-c2nc(-c3ccccc3)nc(-c3ccc(-c4cccc5c4sc4c(-c6cc7ccccc7c7ccccc67)cccc45)cc3)n2)cc1. The maximum atomic E-state index is 4.94. The molecule has 2 heterocycles. The fourth-order valence-electron chi connectivity index (χ4n) is 7.27. The lowest BCUT2D eigenvalue weighted by molar-refractivity contribution is 1.07. The van der Waals surface area contributed by atoms with Gasteiger partial charge in [0.25, 0.3) is 0 Å². The zero-order valence-corrected chi connectivity index (χ0v) is 28.3. The maximum absolute atomic E-state index is 4.94. The van der Waals surface area contributed by atoms with Gasteiger partial charge >= 0.3 is 0 Å². The van der Waals surface area contributed by atoms with E-state index < -0.39 is 0 Å². The summed E-state index contributed by atoms with van der Waals surface area (Å²) in [6.07, 6.45) is 0. The Morgan fingerprint density at radius 2 is 0.745 bits per heavy atom. The van der Waals surface area contributed by atoms with Gasteiger partial charge in [-0.2, -0.15) is 0 Å². The van der Waals surface area contributed by atoms with Crippen molar-refractivity contribution in [2.24, 2.45) is 0 Å². The van der Waals surface area contributed by atoms with E-state index in [0.717, 1.165) is 22.3 Å². The van der Waals surface area contributed by atoms with Crippen molar-refractivity contribution in [3.8, 4) is 56.4 Å². The van der Waals surface area contributed by atoms with Crippen LogP contribution in [0, 0.1) is 0 Å². The first-order valence-corrected chi connectivity index (χ1v) is 17.9. The van der Waals surface area contributed by atoms with E-state index in [4.69, 9.17) is 15.0 Å². The highest BCUT2D eigenvalue weighted by molar-refractivity contribution is 7.26. The molecule has 0 saturated heterocycles. The molecule has 8 aromatic carbocycles. The average molecular weight is 668 g/mol. The van der Waals surface area contributed by atoms with Crippen LogP contribution in [0.3, 0.4) is 0 Å². The number of hydrogen-bond acceptors (Lipinski definition) is 4. The number of thiophene rings is 1. The van der Waals surface area contributed by atoms with Crippen molar-refractivity contribution < 1.29 is 0 Å². The van der Waals surface area contributed by atoms with Crippen LogP contribution in [0.2, 0.25) is 0 Å². The first-order valence-electron chi connectivity index (χ1n) is 17.1. The number of aromatic nitrogens is 3. The molecule has 0 amide bonds. The Hall–Kier alpha value is -6.49. The summed E-state index contributed by atoms with van der Waals surface area (Å²) in [5.74, 6) is 1.98. The molecule has 0 atom stereocenters. The van der Waals surface area contributed by atoms with Gasteiger partial charge in [-0.3, -0.25) is 0 Å². The number of nitrogens with zero attached hydrogens (tertiary/aromatic N) is 3. The van der Waals surface area contributed by atoms with E-state index in [2.05, 4.69) is 115 Å². The molecule has 2 aromatic heterocycles. The lowest BCUT2D eigenvalue weighted by Crippen LogP contribution is -2.00.